The Morgan fingerprint density at radius 3 is 2.45 bits per heavy atom. The van der Waals surface area contributed by atoms with Crippen LogP contribution in [0.2, 0.25) is 5.02 Å². The van der Waals surface area contributed by atoms with Crippen LogP contribution in [0.1, 0.15) is 30.4 Å². The average molecular weight is 431 g/mol. The van der Waals surface area contributed by atoms with Gasteiger partial charge in [-0.15, -0.1) is 11.3 Å². The number of halogens is 1. The van der Waals surface area contributed by atoms with Crippen LogP contribution < -0.4 is 10.6 Å². The molecule has 0 bridgehead atoms. The van der Waals surface area contributed by atoms with E-state index in [1.807, 2.05) is 0 Å². The van der Waals surface area contributed by atoms with E-state index in [9.17, 15) is 19.5 Å². The third kappa shape index (κ3) is 4.56. The molecule has 1 heterocycles. The van der Waals surface area contributed by atoms with Gasteiger partial charge in [-0.25, -0.2) is 4.79 Å². The molecule has 0 spiro atoms. The van der Waals surface area contributed by atoms with Gasteiger partial charge in [-0.1, -0.05) is 23.7 Å². The van der Waals surface area contributed by atoms with Gasteiger partial charge in [-0.05, 0) is 41.8 Å². The number of phenols is 1. The highest BCUT2D eigenvalue weighted by Gasteiger charge is 2.18. The number of para-hydroxylation sites is 1. The van der Waals surface area contributed by atoms with Crippen molar-refractivity contribution in [2.75, 3.05) is 17.7 Å². The second-order valence-electron chi connectivity index (χ2n) is 5.77. The Hall–Kier alpha value is -3.36. The number of amides is 2. The number of thiophene rings is 1. The van der Waals surface area contributed by atoms with Crippen molar-refractivity contribution in [1.82, 2.24) is 0 Å². The normalized spacial score (nSPS) is 10.3. The lowest BCUT2D eigenvalue weighted by Gasteiger charge is -2.12. The van der Waals surface area contributed by atoms with Crippen LogP contribution in [0.4, 0.5) is 11.4 Å². The number of nitrogens with one attached hydrogen (secondary N) is 2. The van der Waals surface area contributed by atoms with E-state index in [2.05, 4.69) is 15.4 Å². The summed E-state index contributed by atoms with van der Waals surface area (Å²) < 4.78 is 4.59. The molecule has 3 N–H and O–H groups in total. The van der Waals surface area contributed by atoms with Crippen molar-refractivity contribution in [3.8, 4) is 5.75 Å². The minimum atomic E-state index is -0.733. The molecule has 2 amide bonds. The van der Waals surface area contributed by atoms with E-state index in [4.69, 9.17) is 11.6 Å². The smallest absolute Gasteiger partial charge is 0.341 e. The molecule has 0 saturated heterocycles. The van der Waals surface area contributed by atoms with E-state index in [0.29, 0.717) is 4.88 Å². The molecule has 0 radical (unpaired) electrons. The summed E-state index contributed by atoms with van der Waals surface area (Å²) in [7, 11) is 1.19. The third-order valence-corrected chi connectivity index (χ3v) is 5.11. The fourth-order valence-corrected chi connectivity index (χ4v) is 3.25. The number of carbonyl (C=O) groups excluding carboxylic acids is 3. The molecule has 0 fully saturated rings. The van der Waals surface area contributed by atoms with Gasteiger partial charge in [-0.3, -0.25) is 9.59 Å². The highest BCUT2D eigenvalue weighted by Crippen LogP contribution is 2.29. The summed E-state index contributed by atoms with van der Waals surface area (Å²) in [5.41, 5.74) is 0.423. The molecular weight excluding hydrogens is 416 g/mol. The van der Waals surface area contributed by atoms with Crippen molar-refractivity contribution in [1.29, 1.82) is 0 Å². The summed E-state index contributed by atoms with van der Waals surface area (Å²) in [6, 6.07) is 12.1. The highest BCUT2D eigenvalue weighted by atomic mass is 35.5. The van der Waals surface area contributed by atoms with Gasteiger partial charge in [0.25, 0.3) is 11.8 Å². The largest absolute Gasteiger partial charge is 0.505 e. The number of phenolic OH excluding ortho intramolecular Hbond substituents is 1. The number of rotatable bonds is 5. The van der Waals surface area contributed by atoms with E-state index in [1.165, 1.54) is 54.8 Å². The van der Waals surface area contributed by atoms with Crippen LogP contribution in [-0.2, 0) is 4.74 Å². The Bertz CT molecular complexity index is 1080. The first-order chi connectivity index (χ1) is 13.9. The fourth-order valence-electron chi connectivity index (χ4n) is 2.47. The number of hydrogen-bond donors (Lipinski definition) is 3. The standard InChI is InChI=1S/C20H15ClN2O5S/c1-28-20(27)12-4-2-5-14(17(12)24)22-18(25)11-7-8-13(21)15(10-11)23-19(26)16-6-3-9-29-16/h2-10,24H,1H3,(H,22,25)(H,23,26). The third-order valence-electron chi connectivity index (χ3n) is 3.91. The van der Waals surface area contributed by atoms with Crippen molar-refractivity contribution in [3.63, 3.8) is 0 Å². The second kappa shape index (κ2) is 8.76. The predicted molar refractivity (Wildman–Crippen MR) is 111 cm³/mol. The monoisotopic (exact) mass is 430 g/mol. The SMILES string of the molecule is COC(=O)c1cccc(NC(=O)c2ccc(Cl)c(NC(=O)c3cccs3)c2)c1O. The molecule has 0 unspecified atom stereocenters. The zero-order valence-electron chi connectivity index (χ0n) is 15.1. The van der Waals surface area contributed by atoms with Gasteiger partial charge >= 0.3 is 5.97 Å². The van der Waals surface area contributed by atoms with E-state index >= 15 is 0 Å². The first-order valence-corrected chi connectivity index (χ1v) is 9.52. The number of ether oxygens (including phenoxy) is 1. The predicted octanol–water partition coefficient (Wildman–Crippen LogP) is 4.40. The van der Waals surface area contributed by atoms with Gasteiger partial charge in [0.1, 0.15) is 5.56 Å². The number of carbonyl (C=O) groups is 3. The lowest BCUT2D eigenvalue weighted by Crippen LogP contribution is -2.15. The second-order valence-corrected chi connectivity index (χ2v) is 7.13. The van der Waals surface area contributed by atoms with Gasteiger partial charge in [0.15, 0.2) is 5.75 Å². The summed E-state index contributed by atoms with van der Waals surface area (Å²) >= 11 is 7.40. The van der Waals surface area contributed by atoms with Crippen molar-refractivity contribution in [2.24, 2.45) is 0 Å². The van der Waals surface area contributed by atoms with Gasteiger partial charge in [-0.2, -0.15) is 0 Å². The summed E-state index contributed by atoms with van der Waals surface area (Å²) in [5, 5.41) is 17.4. The van der Waals surface area contributed by atoms with Crippen LogP contribution >= 0.6 is 22.9 Å². The maximum absolute atomic E-state index is 12.6. The molecule has 3 aromatic rings. The molecule has 0 aliphatic carbocycles. The number of esters is 1. The Morgan fingerprint density at radius 1 is 1.00 bits per heavy atom. The number of benzene rings is 2. The molecule has 29 heavy (non-hydrogen) atoms. The topological polar surface area (TPSA) is 105 Å². The zero-order valence-corrected chi connectivity index (χ0v) is 16.6. The van der Waals surface area contributed by atoms with Crippen molar-refractivity contribution in [2.45, 2.75) is 0 Å². The molecule has 0 saturated carbocycles. The maximum Gasteiger partial charge on any atom is 0.341 e. The van der Waals surface area contributed by atoms with Crippen molar-refractivity contribution >= 4 is 52.1 Å². The van der Waals surface area contributed by atoms with Gasteiger partial charge < -0.3 is 20.5 Å². The lowest BCUT2D eigenvalue weighted by molar-refractivity contribution is 0.0597. The van der Waals surface area contributed by atoms with Crippen molar-refractivity contribution in [3.05, 3.63) is 74.9 Å². The zero-order chi connectivity index (χ0) is 21.0. The molecule has 3 rings (SSSR count). The van der Waals surface area contributed by atoms with Crippen LogP contribution in [0.3, 0.4) is 0 Å². The van der Waals surface area contributed by atoms with Gasteiger partial charge in [0, 0.05) is 5.56 Å². The molecule has 9 heteroatoms. The molecule has 148 valence electrons. The summed E-state index contributed by atoms with van der Waals surface area (Å²) in [6.07, 6.45) is 0. The molecule has 1 aromatic heterocycles. The molecule has 0 aliphatic heterocycles. The first-order valence-electron chi connectivity index (χ1n) is 8.26. The number of aromatic hydroxyl groups is 1. The van der Waals surface area contributed by atoms with Gasteiger partial charge in [0.2, 0.25) is 0 Å². The van der Waals surface area contributed by atoms with Crippen LogP contribution in [0.15, 0.2) is 53.9 Å². The van der Waals surface area contributed by atoms with E-state index in [0.717, 1.165) is 0 Å². The summed E-state index contributed by atoms with van der Waals surface area (Å²) in [6.45, 7) is 0. The van der Waals surface area contributed by atoms with Crippen LogP contribution in [-0.4, -0.2) is 30.0 Å². The molecular formula is C20H15ClN2O5S. The number of hydrogen-bond acceptors (Lipinski definition) is 6. The van der Waals surface area contributed by atoms with Crippen LogP contribution in [0.25, 0.3) is 0 Å². The van der Waals surface area contributed by atoms with Crippen LogP contribution in [0.5, 0.6) is 5.75 Å². The summed E-state index contributed by atoms with van der Waals surface area (Å²) in [5.74, 6) is -2.05. The maximum atomic E-state index is 12.6. The molecule has 0 atom stereocenters. The molecule has 0 aliphatic rings. The first kappa shape index (κ1) is 20.4. The molecule has 7 nitrogen and oxygen atoms in total. The van der Waals surface area contributed by atoms with Crippen molar-refractivity contribution < 1.29 is 24.2 Å². The molecule has 2 aromatic carbocycles. The number of methoxy groups -OCH3 is 1. The van der Waals surface area contributed by atoms with Gasteiger partial charge in [0.05, 0.1) is 28.4 Å². The Balaban J connectivity index is 1.82. The average Bonchev–Trinajstić information content (AvgIpc) is 3.25. The Morgan fingerprint density at radius 2 is 1.76 bits per heavy atom. The highest BCUT2D eigenvalue weighted by molar-refractivity contribution is 7.12. The number of anilines is 2. The van der Waals surface area contributed by atoms with Crippen LogP contribution in [0, 0.1) is 0 Å². The minimum absolute atomic E-state index is 0.0389. The minimum Gasteiger partial charge on any atom is -0.505 e. The quantitative estimate of drug-likeness (QED) is 0.411. The lowest BCUT2D eigenvalue weighted by atomic mass is 10.1. The van der Waals surface area contributed by atoms with E-state index in [-0.39, 0.29) is 33.4 Å². The Kier molecular flexibility index (Phi) is 6.16. The van der Waals surface area contributed by atoms with E-state index in [1.54, 1.807) is 17.5 Å². The van der Waals surface area contributed by atoms with E-state index < -0.39 is 17.6 Å². The Labute approximate surface area is 174 Å². The summed E-state index contributed by atoms with van der Waals surface area (Å²) in [4.78, 5) is 37.0. The fraction of sp³-hybridized carbons (Fsp3) is 0.0500.